The summed E-state index contributed by atoms with van der Waals surface area (Å²) in [6.45, 7) is 9.41. The number of carbonyl (C=O) groups excluding carboxylic acids is 1. The molecule has 0 spiro atoms. The average molecular weight is 613 g/mol. The molecule has 41 heavy (non-hydrogen) atoms. The molecule has 1 saturated heterocycles. The van der Waals surface area contributed by atoms with E-state index >= 15 is 4.39 Å². The van der Waals surface area contributed by atoms with Crippen molar-refractivity contribution in [3.8, 4) is 11.1 Å². The monoisotopic (exact) mass is 612 g/mol. The van der Waals surface area contributed by atoms with Gasteiger partial charge in [0.15, 0.2) is 0 Å². The van der Waals surface area contributed by atoms with Crippen LogP contribution in [0, 0.1) is 11.6 Å². The van der Waals surface area contributed by atoms with E-state index in [9.17, 15) is 27.2 Å². The maximum atomic E-state index is 15.1. The smallest absolute Gasteiger partial charge is 0.352 e. The van der Waals surface area contributed by atoms with Gasteiger partial charge in [-0.2, -0.15) is 18.2 Å². The van der Waals surface area contributed by atoms with Gasteiger partial charge in [0.2, 0.25) is 5.91 Å². The lowest BCUT2D eigenvalue weighted by atomic mass is 9.95. The zero-order chi connectivity index (χ0) is 30.0. The van der Waals surface area contributed by atoms with Crippen molar-refractivity contribution in [2.24, 2.45) is 0 Å². The molecule has 0 N–H and O–H groups in total. The SMILES string of the molecule is C=CC(=O)N1[C@H](C)CN(c2nc(=O)n3c4c(c(-c5cc(Cl)c(F)cc5F)c(C(F)(F)F)cc24)SC[C@@H]3CC)C[C@@H]1C. The molecule has 2 aliphatic rings. The molecular weight excluding hydrogens is 587 g/mol. The Morgan fingerprint density at radius 2 is 1.83 bits per heavy atom. The lowest BCUT2D eigenvalue weighted by Crippen LogP contribution is -2.58. The molecule has 1 fully saturated rings. The van der Waals surface area contributed by atoms with Gasteiger partial charge in [0, 0.05) is 64.4 Å². The molecule has 3 heterocycles. The topological polar surface area (TPSA) is 58.4 Å². The first-order chi connectivity index (χ1) is 19.3. The number of carbonyl (C=O) groups is 1. The third kappa shape index (κ3) is 4.88. The predicted molar refractivity (Wildman–Crippen MR) is 150 cm³/mol. The Hall–Kier alpha value is -3.12. The minimum atomic E-state index is -4.94. The van der Waals surface area contributed by atoms with Gasteiger partial charge in [0.05, 0.1) is 16.1 Å². The van der Waals surface area contributed by atoms with Crippen LogP contribution in [-0.4, -0.2) is 51.3 Å². The number of benzene rings is 2. The fourth-order valence-corrected chi connectivity index (χ4v) is 7.49. The van der Waals surface area contributed by atoms with Crippen LogP contribution >= 0.6 is 23.4 Å². The van der Waals surface area contributed by atoms with Crippen molar-refractivity contribution in [3.05, 3.63) is 63.6 Å². The molecule has 1 amide bonds. The third-order valence-electron chi connectivity index (χ3n) is 7.63. The zero-order valence-corrected chi connectivity index (χ0v) is 23.9. The van der Waals surface area contributed by atoms with Gasteiger partial charge in [0.25, 0.3) is 0 Å². The van der Waals surface area contributed by atoms with Gasteiger partial charge in [-0.05, 0) is 38.5 Å². The van der Waals surface area contributed by atoms with Crippen LogP contribution in [0.3, 0.4) is 0 Å². The summed E-state index contributed by atoms with van der Waals surface area (Å²) in [6, 6.07) is 1.11. The molecule has 13 heteroatoms. The van der Waals surface area contributed by atoms with Gasteiger partial charge in [0.1, 0.15) is 17.5 Å². The van der Waals surface area contributed by atoms with E-state index in [1.807, 2.05) is 6.92 Å². The number of alkyl halides is 3. The number of anilines is 1. The largest absolute Gasteiger partial charge is 0.417 e. The van der Waals surface area contributed by atoms with Crippen LogP contribution in [0.5, 0.6) is 0 Å². The van der Waals surface area contributed by atoms with E-state index in [0.717, 1.165) is 23.9 Å². The molecule has 2 aliphatic heterocycles. The maximum Gasteiger partial charge on any atom is 0.417 e. The van der Waals surface area contributed by atoms with Crippen molar-refractivity contribution >= 4 is 46.0 Å². The number of thioether (sulfide) groups is 1. The fraction of sp³-hybridized carbons (Fsp3) is 0.393. The Kier molecular flexibility index (Phi) is 7.60. The van der Waals surface area contributed by atoms with Crippen molar-refractivity contribution in [2.45, 2.75) is 56.4 Å². The van der Waals surface area contributed by atoms with Crippen LogP contribution in [0.25, 0.3) is 22.0 Å². The van der Waals surface area contributed by atoms with E-state index in [1.54, 1.807) is 23.6 Å². The van der Waals surface area contributed by atoms with Crippen molar-refractivity contribution < 1.29 is 26.7 Å². The van der Waals surface area contributed by atoms with Crippen LogP contribution < -0.4 is 10.6 Å². The summed E-state index contributed by atoms with van der Waals surface area (Å²) >= 11 is 6.98. The van der Waals surface area contributed by atoms with Crippen LogP contribution in [0.1, 0.15) is 38.8 Å². The summed E-state index contributed by atoms with van der Waals surface area (Å²) in [6.07, 6.45) is -3.23. The van der Waals surface area contributed by atoms with Crippen LogP contribution in [0.4, 0.5) is 27.8 Å². The molecule has 0 radical (unpaired) electrons. The van der Waals surface area contributed by atoms with Crippen molar-refractivity contribution in [3.63, 3.8) is 0 Å². The summed E-state index contributed by atoms with van der Waals surface area (Å²) in [7, 11) is 0. The highest BCUT2D eigenvalue weighted by molar-refractivity contribution is 7.99. The van der Waals surface area contributed by atoms with E-state index in [2.05, 4.69) is 11.6 Å². The minimum Gasteiger partial charge on any atom is -0.352 e. The number of halogens is 6. The van der Waals surface area contributed by atoms with E-state index < -0.39 is 45.2 Å². The molecule has 0 unspecified atom stereocenters. The second-order valence-corrected chi connectivity index (χ2v) is 11.7. The van der Waals surface area contributed by atoms with E-state index in [4.69, 9.17) is 11.6 Å². The number of amides is 1. The normalized spacial score (nSPS) is 21.0. The Morgan fingerprint density at radius 1 is 1.17 bits per heavy atom. The summed E-state index contributed by atoms with van der Waals surface area (Å²) in [5, 5.41) is -0.449. The first-order valence-electron chi connectivity index (χ1n) is 13.0. The van der Waals surface area contributed by atoms with Gasteiger partial charge in [-0.25, -0.2) is 13.6 Å². The first-order valence-corrected chi connectivity index (χ1v) is 14.3. The van der Waals surface area contributed by atoms with E-state index in [-0.39, 0.29) is 64.5 Å². The van der Waals surface area contributed by atoms with Crippen LogP contribution in [0.15, 0.2) is 40.5 Å². The van der Waals surface area contributed by atoms with Gasteiger partial charge < -0.3 is 9.80 Å². The molecule has 3 aromatic rings. The van der Waals surface area contributed by atoms with E-state index in [1.165, 1.54) is 10.6 Å². The van der Waals surface area contributed by atoms with Crippen LogP contribution in [-0.2, 0) is 11.0 Å². The molecular formula is C28H26ClF5N4O2S. The number of hydrogen-bond donors (Lipinski definition) is 0. The summed E-state index contributed by atoms with van der Waals surface area (Å²) in [5.74, 6) is -2.28. The second-order valence-electron chi connectivity index (χ2n) is 10.3. The number of rotatable bonds is 4. The highest BCUT2D eigenvalue weighted by atomic mass is 35.5. The zero-order valence-electron chi connectivity index (χ0n) is 22.4. The molecule has 3 atom stereocenters. The maximum absolute atomic E-state index is 15.1. The summed E-state index contributed by atoms with van der Waals surface area (Å²) < 4.78 is 74.6. The lowest BCUT2D eigenvalue weighted by Gasteiger charge is -2.45. The molecule has 6 nitrogen and oxygen atoms in total. The molecule has 0 aliphatic carbocycles. The Bertz CT molecular complexity index is 1630. The number of aromatic nitrogens is 2. The van der Waals surface area contributed by atoms with Crippen LogP contribution in [0.2, 0.25) is 5.02 Å². The molecule has 0 saturated carbocycles. The minimum absolute atomic E-state index is 0.0448. The highest BCUT2D eigenvalue weighted by Crippen LogP contribution is 2.51. The average Bonchev–Trinajstić information content (AvgIpc) is 2.90. The number of nitrogens with zero attached hydrogens (tertiary/aromatic N) is 4. The van der Waals surface area contributed by atoms with Gasteiger partial charge in [-0.15, -0.1) is 11.8 Å². The summed E-state index contributed by atoms with van der Waals surface area (Å²) in [5.41, 5.74) is -2.61. The highest BCUT2D eigenvalue weighted by Gasteiger charge is 2.41. The van der Waals surface area contributed by atoms with Crippen molar-refractivity contribution in [1.29, 1.82) is 0 Å². The quantitative estimate of drug-likeness (QED) is 0.187. The molecule has 0 bridgehead atoms. The molecule has 218 valence electrons. The van der Waals surface area contributed by atoms with Gasteiger partial charge in [-0.1, -0.05) is 25.1 Å². The Morgan fingerprint density at radius 3 is 2.41 bits per heavy atom. The Labute approximate surface area is 241 Å². The summed E-state index contributed by atoms with van der Waals surface area (Å²) in [4.78, 5) is 33.6. The standard InChI is InChI=1S/C28H26ClF5N4O2S/c1-5-15-12-41-25-23(16-8-19(29)21(31)9-20(16)30)18(28(32,33)34)7-17-24(25)38(15)27(40)35-26(17)36-10-13(3)37(14(4)11-36)22(39)6-2/h6-9,13-15H,2,5,10-12H2,1,3-4H3/t13-,14+,15-/m0/s1. The second kappa shape index (κ2) is 10.6. The molecule has 2 aromatic carbocycles. The predicted octanol–water partition coefficient (Wildman–Crippen LogP) is 6.68. The van der Waals surface area contributed by atoms with Crippen molar-refractivity contribution in [1.82, 2.24) is 14.5 Å². The van der Waals surface area contributed by atoms with E-state index in [0.29, 0.717) is 12.5 Å². The number of piperazine rings is 1. The third-order valence-corrected chi connectivity index (χ3v) is 9.16. The van der Waals surface area contributed by atoms with Gasteiger partial charge in [-0.3, -0.25) is 9.36 Å². The number of hydrogen-bond acceptors (Lipinski definition) is 5. The molecule has 1 aromatic heterocycles. The fourth-order valence-electron chi connectivity index (χ4n) is 5.87. The molecule has 5 rings (SSSR count). The van der Waals surface area contributed by atoms with Crippen molar-refractivity contribution in [2.75, 3.05) is 23.7 Å². The first kappa shape index (κ1) is 29.4. The lowest BCUT2D eigenvalue weighted by molar-refractivity contribution is -0.137. The van der Waals surface area contributed by atoms with Gasteiger partial charge >= 0.3 is 11.9 Å². The Balaban J connectivity index is 1.85.